The van der Waals surface area contributed by atoms with E-state index in [1.807, 2.05) is 0 Å². The van der Waals surface area contributed by atoms with E-state index < -0.39 is 0 Å². The van der Waals surface area contributed by atoms with Crippen molar-refractivity contribution in [3.05, 3.63) is 6.42 Å². The lowest BCUT2D eigenvalue weighted by atomic mass is 9.78. The highest BCUT2D eigenvalue weighted by Gasteiger charge is 2.20. The Balaban J connectivity index is 2.26. The third-order valence-corrected chi connectivity index (χ3v) is 2.69. The lowest BCUT2D eigenvalue weighted by Gasteiger charge is -2.28. The van der Waals surface area contributed by atoms with Crippen molar-refractivity contribution in [1.82, 2.24) is 0 Å². The van der Waals surface area contributed by atoms with E-state index in [0.29, 0.717) is 0 Å². The first-order valence-electron chi connectivity index (χ1n) is 4.53. The van der Waals surface area contributed by atoms with Gasteiger partial charge in [0.1, 0.15) is 0 Å². The van der Waals surface area contributed by atoms with Crippen molar-refractivity contribution in [1.29, 1.82) is 0 Å². The highest BCUT2D eigenvalue weighted by molar-refractivity contribution is 4.85. The second kappa shape index (κ2) is 3.41. The predicted octanol–water partition coefficient (Wildman–Crippen LogP) is 3.28. The Labute approximate surface area is 65.0 Å². The van der Waals surface area contributed by atoms with Crippen LogP contribution >= 0.6 is 0 Å². The molecule has 0 bridgehead atoms. The van der Waals surface area contributed by atoms with Gasteiger partial charge in [-0.1, -0.05) is 27.2 Å². The molecule has 10 heavy (non-hydrogen) atoms. The van der Waals surface area contributed by atoms with E-state index in [2.05, 4.69) is 27.2 Å². The molecular formula is C10H19. The van der Waals surface area contributed by atoms with Crippen LogP contribution in [-0.2, 0) is 0 Å². The van der Waals surface area contributed by atoms with Gasteiger partial charge in [-0.2, -0.15) is 0 Å². The minimum Gasteiger partial charge on any atom is -0.0625 e. The molecule has 1 radical (unpaired) electrons. The first-order chi connectivity index (χ1) is 4.70. The topological polar surface area (TPSA) is 0 Å². The zero-order chi connectivity index (χ0) is 7.56. The van der Waals surface area contributed by atoms with Gasteiger partial charge in [0.25, 0.3) is 0 Å². The molecule has 0 heteroatoms. The monoisotopic (exact) mass is 139 g/mol. The first kappa shape index (κ1) is 8.10. The Kier molecular flexibility index (Phi) is 2.76. The van der Waals surface area contributed by atoms with Gasteiger partial charge in [-0.05, 0) is 37.0 Å². The molecule has 1 rings (SSSR count). The van der Waals surface area contributed by atoms with E-state index in [-0.39, 0.29) is 0 Å². The van der Waals surface area contributed by atoms with Crippen molar-refractivity contribution in [2.45, 2.75) is 40.0 Å². The van der Waals surface area contributed by atoms with Gasteiger partial charge in [0.05, 0.1) is 0 Å². The lowest BCUT2D eigenvalue weighted by molar-refractivity contribution is 0.302. The van der Waals surface area contributed by atoms with E-state index >= 15 is 0 Å². The zero-order valence-corrected chi connectivity index (χ0v) is 7.43. The van der Waals surface area contributed by atoms with E-state index in [9.17, 15) is 0 Å². The van der Waals surface area contributed by atoms with Crippen molar-refractivity contribution in [3.63, 3.8) is 0 Å². The van der Waals surface area contributed by atoms with Crippen LogP contribution < -0.4 is 0 Å². The van der Waals surface area contributed by atoms with E-state index in [1.54, 1.807) is 0 Å². The standard InChI is InChI=1S/C10H19/c1-8(2)10-6-4-9(3)5-7-10/h6,8-10H,4-5,7H2,1-3H3/t9-,10?/m0/s1. The Bertz CT molecular complexity index is 86.2. The number of hydrogen-bond donors (Lipinski definition) is 0. The average Bonchev–Trinajstić information content (AvgIpc) is 1.88. The van der Waals surface area contributed by atoms with Crippen molar-refractivity contribution in [2.24, 2.45) is 17.8 Å². The Morgan fingerprint density at radius 3 is 2.40 bits per heavy atom. The van der Waals surface area contributed by atoms with Crippen molar-refractivity contribution < 1.29 is 0 Å². The molecule has 1 saturated carbocycles. The second-order valence-corrected chi connectivity index (χ2v) is 4.06. The second-order valence-electron chi connectivity index (χ2n) is 4.06. The van der Waals surface area contributed by atoms with Crippen molar-refractivity contribution in [2.75, 3.05) is 0 Å². The van der Waals surface area contributed by atoms with Gasteiger partial charge in [0.15, 0.2) is 0 Å². The summed E-state index contributed by atoms with van der Waals surface area (Å²) in [6, 6.07) is 0. The van der Waals surface area contributed by atoms with Crippen LogP contribution in [0.4, 0.5) is 0 Å². The molecule has 1 unspecified atom stereocenters. The molecule has 1 fully saturated rings. The highest BCUT2D eigenvalue weighted by Crippen LogP contribution is 2.31. The minimum absolute atomic E-state index is 0.868. The zero-order valence-electron chi connectivity index (χ0n) is 7.43. The lowest BCUT2D eigenvalue weighted by Crippen LogP contribution is -2.17. The third kappa shape index (κ3) is 2.00. The Morgan fingerprint density at radius 2 is 2.00 bits per heavy atom. The Hall–Kier alpha value is 0. The fraction of sp³-hybridized carbons (Fsp3) is 0.900. The number of rotatable bonds is 1. The molecule has 0 aromatic rings. The van der Waals surface area contributed by atoms with Gasteiger partial charge in [0, 0.05) is 0 Å². The molecule has 1 aliphatic carbocycles. The maximum Gasteiger partial charge on any atom is -0.0350 e. The average molecular weight is 139 g/mol. The minimum atomic E-state index is 0.868. The first-order valence-corrected chi connectivity index (χ1v) is 4.53. The summed E-state index contributed by atoms with van der Waals surface area (Å²) in [4.78, 5) is 0. The van der Waals surface area contributed by atoms with Gasteiger partial charge < -0.3 is 0 Å². The molecule has 1 aliphatic rings. The quantitative estimate of drug-likeness (QED) is 0.523. The van der Waals surface area contributed by atoms with E-state index in [4.69, 9.17) is 0 Å². The Morgan fingerprint density at radius 1 is 1.30 bits per heavy atom. The summed E-state index contributed by atoms with van der Waals surface area (Å²) in [6.07, 6.45) is 6.75. The molecule has 0 aliphatic heterocycles. The molecule has 59 valence electrons. The molecule has 0 aromatic carbocycles. The van der Waals surface area contributed by atoms with Crippen LogP contribution in [0.3, 0.4) is 0 Å². The third-order valence-electron chi connectivity index (χ3n) is 2.69. The molecular weight excluding hydrogens is 120 g/mol. The fourth-order valence-corrected chi connectivity index (χ4v) is 1.73. The summed E-state index contributed by atoms with van der Waals surface area (Å²) in [5, 5.41) is 0. The maximum absolute atomic E-state index is 2.53. The normalized spacial score (nSPS) is 34.8. The molecule has 0 N–H and O–H groups in total. The van der Waals surface area contributed by atoms with Crippen LogP contribution in [-0.4, -0.2) is 0 Å². The molecule has 0 amide bonds. The smallest absolute Gasteiger partial charge is 0.0350 e. The maximum atomic E-state index is 2.53. The summed E-state index contributed by atoms with van der Waals surface area (Å²) in [5.74, 6) is 2.73. The van der Waals surface area contributed by atoms with Crippen LogP contribution in [0, 0.1) is 24.2 Å². The molecule has 0 spiro atoms. The molecule has 0 aromatic heterocycles. The van der Waals surface area contributed by atoms with E-state index in [1.165, 1.54) is 19.3 Å². The summed E-state index contributed by atoms with van der Waals surface area (Å²) in [6.45, 7) is 7.02. The predicted molar refractivity (Wildman–Crippen MR) is 45.6 cm³/mol. The summed E-state index contributed by atoms with van der Waals surface area (Å²) < 4.78 is 0. The molecule has 0 saturated heterocycles. The van der Waals surface area contributed by atoms with Crippen LogP contribution in [0.1, 0.15) is 40.0 Å². The highest BCUT2D eigenvalue weighted by atomic mass is 14.3. The van der Waals surface area contributed by atoms with Gasteiger partial charge in [-0.15, -0.1) is 0 Å². The van der Waals surface area contributed by atoms with Gasteiger partial charge in [-0.3, -0.25) is 0 Å². The molecule has 0 heterocycles. The molecule has 0 nitrogen and oxygen atoms in total. The summed E-state index contributed by atoms with van der Waals surface area (Å²) in [7, 11) is 0. The van der Waals surface area contributed by atoms with Crippen molar-refractivity contribution in [3.8, 4) is 0 Å². The van der Waals surface area contributed by atoms with Gasteiger partial charge >= 0.3 is 0 Å². The number of hydrogen-bond acceptors (Lipinski definition) is 0. The van der Waals surface area contributed by atoms with E-state index in [0.717, 1.165) is 17.8 Å². The SMILES string of the molecule is CC(C)C1[CH]C[C@H](C)CC1. The van der Waals surface area contributed by atoms with Crippen LogP contribution in [0.25, 0.3) is 0 Å². The largest absolute Gasteiger partial charge is 0.0625 e. The molecule has 2 atom stereocenters. The van der Waals surface area contributed by atoms with Gasteiger partial charge in [0.2, 0.25) is 0 Å². The van der Waals surface area contributed by atoms with Crippen molar-refractivity contribution >= 4 is 0 Å². The summed E-state index contributed by atoms with van der Waals surface area (Å²) in [5.41, 5.74) is 0. The summed E-state index contributed by atoms with van der Waals surface area (Å²) >= 11 is 0. The van der Waals surface area contributed by atoms with Crippen LogP contribution in [0.15, 0.2) is 0 Å². The van der Waals surface area contributed by atoms with Crippen LogP contribution in [0.5, 0.6) is 0 Å². The van der Waals surface area contributed by atoms with Crippen LogP contribution in [0.2, 0.25) is 0 Å². The van der Waals surface area contributed by atoms with Gasteiger partial charge in [-0.25, -0.2) is 0 Å². The fourth-order valence-electron chi connectivity index (χ4n) is 1.73.